The monoisotopic (exact) mass is 299 g/mol. The Morgan fingerprint density at radius 3 is 2.86 bits per heavy atom. The zero-order valence-corrected chi connectivity index (χ0v) is 13.3. The minimum atomic E-state index is -0.0136. The number of nitrogens with zero attached hydrogens (tertiary/aromatic N) is 3. The first-order valence-corrected chi connectivity index (χ1v) is 7.55. The van der Waals surface area contributed by atoms with Gasteiger partial charge < -0.3 is 9.64 Å². The SMILES string of the molecule is C=Cc1ccc(C)n2c(=O)c(C)c(N3CCOC(C)C3)nc12. The van der Waals surface area contributed by atoms with E-state index in [-0.39, 0.29) is 11.7 Å². The van der Waals surface area contributed by atoms with E-state index in [1.807, 2.05) is 32.9 Å². The molecular formula is C17H21N3O2. The molecule has 0 aromatic carbocycles. The number of aryl methyl sites for hydroxylation is 1. The summed E-state index contributed by atoms with van der Waals surface area (Å²) in [7, 11) is 0. The molecule has 1 aliphatic rings. The van der Waals surface area contributed by atoms with E-state index in [0.29, 0.717) is 17.8 Å². The summed E-state index contributed by atoms with van der Waals surface area (Å²) in [5.74, 6) is 0.758. The molecule has 0 spiro atoms. The van der Waals surface area contributed by atoms with Crippen molar-refractivity contribution in [1.82, 2.24) is 9.38 Å². The van der Waals surface area contributed by atoms with Crippen molar-refractivity contribution >= 4 is 17.5 Å². The van der Waals surface area contributed by atoms with Crippen molar-refractivity contribution in [2.24, 2.45) is 0 Å². The second kappa shape index (κ2) is 5.57. The van der Waals surface area contributed by atoms with Gasteiger partial charge in [0.15, 0.2) is 0 Å². The molecule has 0 aliphatic carbocycles. The van der Waals surface area contributed by atoms with Crippen LogP contribution in [0.25, 0.3) is 11.7 Å². The molecule has 5 nitrogen and oxygen atoms in total. The summed E-state index contributed by atoms with van der Waals surface area (Å²) >= 11 is 0. The summed E-state index contributed by atoms with van der Waals surface area (Å²) in [6, 6.07) is 3.87. The molecule has 5 heteroatoms. The Morgan fingerprint density at radius 2 is 2.18 bits per heavy atom. The smallest absolute Gasteiger partial charge is 0.263 e. The van der Waals surface area contributed by atoms with Gasteiger partial charge in [-0.15, -0.1) is 0 Å². The Hall–Kier alpha value is -2.14. The van der Waals surface area contributed by atoms with Crippen LogP contribution in [-0.4, -0.2) is 35.2 Å². The summed E-state index contributed by atoms with van der Waals surface area (Å²) in [5, 5.41) is 0. The number of ether oxygens (including phenoxy) is 1. The van der Waals surface area contributed by atoms with Gasteiger partial charge in [0.25, 0.3) is 5.56 Å². The maximum Gasteiger partial charge on any atom is 0.263 e. The van der Waals surface area contributed by atoms with Crippen LogP contribution in [0.5, 0.6) is 0 Å². The number of rotatable bonds is 2. The van der Waals surface area contributed by atoms with Gasteiger partial charge in [-0.3, -0.25) is 9.20 Å². The molecular weight excluding hydrogens is 278 g/mol. The van der Waals surface area contributed by atoms with Crippen molar-refractivity contribution in [2.45, 2.75) is 26.9 Å². The Labute approximate surface area is 129 Å². The van der Waals surface area contributed by atoms with Crippen LogP contribution in [0.3, 0.4) is 0 Å². The van der Waals surface area contributed by atoms with Crippen molar-refractivity contribution in [3.8, 4) is 0 Å². The third kappa shape index (κ3) is 2.31. The molecule has 1 fully saturated rings. The first kappa shape index (κ1) is 14.8. The van der Waals surface area contributed by atoms with Gasteiger partial charge >= 0.3 is 0 Å². The van der Waals surface area contributed by atoms with Gasteiger partial charge in [0.05, 0.1) is 18.3 Å². The van der Waals surface area contributed by atoms with Crippen LogP contribution in [0, 0.1) is 13.8 Å². The lowest BCUT2D eigenvalue weighted by atomic mass is 10.2. The van der Waals surface area contributed by atoms with Gasteiger partial charge in [-0.2, -0.15) is 0 Å². The largest absolute Gasteiger partial charge is 0.375 e. The number of hydrogen-bond acceptors (Lipinski definition) is 4. The number of pyridine rings is 1. The van der Waals surface area contributed by atoms with Gasteiger partial charge in [0.2, 0.25) is 0 Å². The molecule has 22 heavy (non-hydrogen) atoms. The number of fused-ring (bicyclic) bond motifs is 1. The third-order valence-electron chi connectivity index (χ3n) is 4.16. The van der Waals surface area contributed by atoms with Crippen molar-refractivity contribution in [2.75, 3.05) is 24.6 Å². The molecule has 116 valence electrons. The van der Waals surface area contributed by atoms with Gasteiger partial charge in [-0.1, -0.05) is 12.7 Å². The highest BCUT2D eigenvalue weighted by Gasteiger charge is 2.22. The Morgan fingerprint density at radius 1 is 1.41 bits per heavy atom. The van der Waals surface area contributed by atoms with Crippen LogP contribution >= 0.6 is 0 Å². The van der Waals surface area contributed by atoms with E-state index >= 15 is 0 Å². The third-order valence-corrected chi connectivity index (χ3v) is 4.16. The van der Waals surface area contributed by atoms with Crippen molar-refractivity contribution in [3.63, 3.8) is 0 Å². The average molecular weight is 299 g/mol. The maximum atomic E-state index is 12.8. The second-order valence-electron chi connectivity index (χ2n) is 5.79. The maximum absolute atomic E-state index is 12.8. The Kier molecular flexibility index (Phi) is 3.74. The quantitative estimate of drug-likeness (QED) is 0.853. The first-order chi connectivity index (χ1) is 10.5. The topological polar surface area (TPSA) is 46.8 Å². The standard InChI is InChI=1S/C17H21N3O2/c1-5-14-7-6-11(2)20-16(14)18-15(13(4)17(20)21)19-8-9-22-12(3)10-19/h5-7,12H,1,8-10H2,2-4H3. The van der Waals surface area contributed by atoms with Crippen LogP contribution in [0.2, 0.25) is 0 Å². The van der Waals surface area contributed by atoms with E-state index in [4.69, 9.17) is 9.72 Å². The lowest BCUT2D eigenvalue weighted by molar-refractivity contribution is 0.0529. The van der Waals surface area contributed by atoms with E-state index in [2.05, 4.69) is 11.5 Å². The van der Waals surface area contributed by atoms with Crippen LogP contribution < -0.4 is 10.5 Å². The molecule has 1 atom stereocenters. The average Bonchev–Trinajstić information content (AvgIpc) is 2.50. The summed E-state index contributed by atoms with van der Waals surface area (Å²) in [5.41, 5.74) is 3.07. The van der Waals surface area contributed by atoms with Crippen molar-refractivity contribution in [1.29, 1.82) is 0 Å². The number of morpholine rings is 1. The predicted molar refractivity (Wildman–Crippen MR) is 88.7 cm³/mol. The predicted octanol–water partition coefficient (Wildman–Crippen LogP) is 2.18. The minimum Gasteiger partial charge on any atom is -0.375 e. The van der Waals surface area contributed by atoms with Gasteiger partial charge in [0, 0.05) is 24.3 Å². The fraction of sp³-hybridized carbons (Fsp3) is 0.412. The van der Waals surface area contributed by atoms with E-state index in [0.717, 1.165) is 30.2 Å². The Balaban J connectivity index is 2.26. The molecule has 0 N–H and O–H groups in total. The van der Waals surface area contributed by atoms with Crippen LogP contribution in [0.15, 0.2) is 23.5 Å². The zero-order valence-electron chi connectivity index (χ0n) is 13.3. The molecule has 0 saturated carbocycles. The Bertz CT molecular complexity index is 795. The fourth-order valence-corrected chi connectivity index (χ4v) is 2.95. The van der Waals surface area contributed by atoms with E-state index < -0.39 is 0 Å². The van der Waals surface area contributed by atoms with Gasteiger partial charge in [0.1, 0.15) is 11.5 Å². The fourth-order valence-electron chi connectivity index (χ4n) is 2.95. The normalized spacial score (nSPS) is 18.7. The summed E-state index contributed by atoms with van der Waals surface area (Å²) in [4.78, 5) is 19.7. The zero-order chi connectivity index (χ0) is 15.9. The summed E-state index contributed by atoms with van der Waals surface area (Å²) in [6.07, 6.45) is 1.88. The molecule has 2 aromatic rings. The lowest BCUT2D eigenvalue weighted by Gasteiger charge is -2.33. The van der Waals surface area contributed by atoms with Crippen molar-refractivity contribution < 1.29 is 4.74 Å². The highest BCUT2D eigenvalue weighted by atomic mass is 16.5. The van der Waals surface area contributed by atoms with E-state index in [1.54, 1.807) is 10.5 Å². The summed E-state index contributed by atoms with van der Waals surface area (Å²) < 4.78 is 7.25. The van der Waals surface area contributed by atoms with Crippen LogP contribution in [0.1, 0.15) is 23.7 Å². The van der Waals surface area contributed by atoms with E-state index in [1.165, 1.54) is 0 Å². The van der Waals surface area contributed by atoms with Crippen molar-refractivity contribution in [3.05, 3.63) is 45.9 Å². The van der Waals surface area contributed by atoms with Gasteiger partial charge in [-0.05, 0) is 32.9 Å². The molecule has 1 saturated heterocycles. The second-order valence-corrected chi connectivity index (χ2v) is 5.79. The molecule has 2 aromatic heterocycles. The molecule has 0 bridgehead atoms. The van der Waals surface area contributed by atoms with Crippen LogP contribution in [0.4, 0.5) is 5.82 Å². The van der Waals surface area contributed by atoms with E-state index in [9.17, 15) is 4.79 Å². The van der Waals surface area contributed by atoms with Gasteiger partial charge in [-0.25, -0.2) is 4.98 Å². The first-order valence-electron chi connectivity index (χ1n) is 7.55. The lowest BCUT2D eigenvalue weighted by Crippen LogP contribution is -2.43. The number of anilines is 1. The molecule has 3 rings (SSSR count). The molecule has 0 amide bonds. The highest BCUT2D eigenvalue weighted by molar-refractivity contribution is 5.67. The van der Waals surface area contributed by atoms with Crippen LogP contribution in [-0.2, 0) is 4.74 Å². The molecule has 1 aliphatic heterocycles. The number of hydrogen-bond donors (Lipinski definition) is 0. The minimum absolute atomic E-state index is 0.0136. The summed E-state index contributed by atoms with van der Waals surface area (Å²) in [6.45, 7) is 11.8. The highest BCUT2D eigenvalue weighted by Crippen LogP contribution is 2.21. The number of aromatic nitrogens is 2. The molecule has 0 radical (unpaired) electrons. The molecule has 3 heterocycles. The molecule has 1 unspecified atom stereocenters.